The van der Waals surface area contributed by atoms with Crippen LogP contribution >= 0.6 is 0 Å². The lowest BCUT2D eigenvalue weighted by Gasteiger charge is -2.34. The van der Waals surface area contributed by atoms with Crippen molar-refractivity contribution in [3.05, 3.63) is 66.1 Å². The molecule has 32 heavy (non-hydrogen) atoms. The SMILES string of the molecule is CC(=O)N1CCN(C(=O)Cn2cc(S(=O)(=O)Cc3cccc(F)c3)c3ccccc32)CC1. The van der Waals surface area contributed by atoms with Crippen molar-refractivity contribution in [3.8, 4) is 0 Å². The van der Waals surface area contributed by atoms with Crippen molar-refractivity contribution in [2.45, 2.75) is 24.1 Å². The number of nitrogens with zero attached hydrogens (tertiary/aromatic N) is 3. The number of halogens is 1. The normalized spacial score (nSPS) is 14.7. The highest BCUT2D eigenvalue weighted by molar-refractivity contribution is 7.90. The zero-order valence-electron chi connectivity index (χ0n) is 17.7. The highest BCUT2D eigenvalue weighted by Crippen LogP contribution is 2.28. The number of para-hydroxylation sites is 1. The first-order valence-corrected chi connectivity index (χ1v) is 12.0. The van der Waals surface area contributed by atoms with Crippen LogP contribution in [0.25, 0.3) is 10.9 Å². The molecule has 7 nitrogen and oxygen atoms in total. The van der Waals surface area contributed by atoms with Crippen LogP contribution in [0, 0.1) is 5.82 Å². The first kappa shape index (κ1) is 22.0. The van der Waals surface area contributed by atoms with Gasteiger partial charge in [0.1, 0.15) is 12.4 Å². The van der Waals surface area contributed by atoms with Gasteiger partial charge < -0.3 is 14.4 Å². The summed E-state index contributed by atoms with van der Waals surface area (Å²) in [5.41, 5.74) is 1.00. The van der Waals surface area contributed by atoms with Gasteiger partial charge in [-0.05, 0) is 23.8 Å². The number of carbonyl (C=O) groups is 2. The summed E-state index contributed by atoms with van der Waals surface area (Å²) in [4.78, 5) is 27.9. The van der Waals surface area contributed by atoms with Crippen LogP contribution in [-0.4, -0.2) is 60.8 Å². The molecule has 3 aromatic rings. The summed E-state index contributed by atoms with van der Waals surface area (Å²) in [6, 6.07) is 12.6. The minimum atomic E-state index is -3.77. The number of rotatable bonds is 5. The average molecular weight is 458 g/mol. The van der Waals surface area contributed by atoms with Crippen LogP contribution in [0.2, 0.25) is 0 Å². The van der Waals surface area contributed by atoms with Gasteiger partial charge in [-0.1, -0.05) is 30.3 Å². The molecule has 168 valence electrons. The number of amides is 2. The molecule has 1 aliphatic rings. The highest BCUT2D eigenvalue weighted by atomic mass is 32.2. The summed E-state index contributed by atoms with van der Waals surface area (Å²) in [6.07, 6.45) is 1.49. The zero-order chi connectivity index (χ0) is 22.9. The van der Waals surface area contributed by atoms with Crippen molar-refractivity contribution < 1.29 is 22.4 Å². The Bertz CT molecular complexity index is 1280. The zero-order valence-corrected chi connectivity index (χ0v) is 18.5. The molecule has 0 aliphatic carbocycles. The minimum absolute atomic E-state index is 0.00390. The number of carbonyl (C=O) groups excluding carboxylic acids is 2. The Morgan fingerprint density at radius 3 is 2.34 bits per heavy atom. The second kappa shape index (κ2) is 8.74. The molecule has 2 aromatic carbocycles. The fourth-order valence-corrected chi connectivity index (χ4v) is 5.60. The molecule has 0 N–H and O–H groups in total. The number of aromatic nitrogens is 1. The summed E-state index contributed by atoms with van der Waals surface area (Å²) < 4.78 is 41.5. The topological polar surface area (TPSA) is 79.7 Å². The van der Waals surface area contributed by atoms with Crippen LogP contribution in [0.3, 0.4) is 0 Å². The van der Waals surface area contributed by atoms with Gasteiger partial charge in [0.25, 0.3) is 0 Å². The summed E-state index contributed by atoms with van der Waals surface area (Å²) >= 11 is 0. The van der Waals surface area contributed by atoms with E-state index >= 15 is 0 Å². The van der Waals surface area contributed by atoms with Crippen molar-refractivity contribution in [1.29, 1.82) is 0 Å². The van der Waals surface area contributed by atoms with E-state index in [0.29, 0.717) is 42.6 Å². The molecule has 4 rings (SSSR count). The first-order valence-electron chi connectivity index (χ1n) is 10.3. The van der Waals surface area contributed by atoms with Gasteiger partial charge in [0.15, 0.2) is 9.84 Å². The largest absolute Gasteiger partial charge is 0.339 e. The Labute approximate surface area is 186 Å². The third-order valence-corrected chi connectivity index (χ3v) is 7.42. The van der Waals surface area contributed by atoms with E-state index in [9.17, 15) is 22.4 Å². The average Bonchev–Trinajstić information content (AvgIpc) is 3.13. The van der Waals surface area contributed by atoms with E-state index in [-0.39, 0.29) is 29.0 Å². The first-order chi connectivity index (χ1) is 15.2. The molecule has 1 saturated heterocycles. The van der Waals surface area contributed by atoms with E-state index in [2.05, 4.69) is 0 Å². The van der Waals surface area contributed by atoms with Crippen molar-refractivity contribution in [3.63, 3.8) is 0 Å². The molecule has 0 saturated carbocycles. The predicted octanol–water partition coefficient (Wildman–Crippen LogP) is 2.45. The molecule has 2 amide bonds. The molecule has 2 heterocycles. The summed E-state index contributed by atoms with van der Waals surface area (Å²) in [5.74, 6) is -0.972. The number of benzene rings is 2. The Morgan fingerprint density at radius 2 is 1.66 bits per heavy atom. The van der Waals surface area contributed by atoms with Gasteiger partial charge in [0.05, 0.1) is 10.6 Å². The fourth-order valence-electron chi connectivity index (χ4n) is 4.03. The number of fused-ring (bicyclic) bond motifs is 1. The number of piperazine rings is 1. The van der Waals surface area contributed by atoms with Crippen LogP contribution in [0.5, 0.6) is 0 Å². The quantitative estimate of drug-likeness (QED) is 0.590. The second-order valence-electron chi connectivity index (χ2n) is 7.91. The number of hydrogen-bond donors (Lipinski definition) is 0. The summed E-state index contributed by atoms with van der Waals surface area (Å²) in [5, 5.41) is 0.526. The smallest absolute Gasteiger partial charge is 0.242 e. The van der Waals surface area contributed by atoms with Gasteiger partial charge in [-0.2, -0.15) is 0 Å². The molecule has 0 atom stereocenters. The van der Waals surface area contributed by atoms with E-state index in [1.54, 1.807) is 44.7 Å². The van der Waals surface area contributed by atoms with E-state index < -0.39 is 15.7 Å². The third-order valence-electron chi connectivity index (χ3n) is 5.72. The molecule has 1 fully saturated rings. The molecule has 0 radical (unpaired) electrons. The van der Waals surface area contributed by atoms with E-state index in [1.165, 1.54) is 31.3 Å². The van der Waals surface area contributed by atoms with E-state index in [1.807, 2.05) is 0 Å². The number of hydrogen-bond acceptors (Lipinski definition) is 4. The summed E-state index contributed by atoms with van der Waals surface area (Å²) in [7, 11) is -3.77. The maximum atomic E-state index is 13.5. The maximum Gasteiger partial charge on any atom is 0.242 e. The third kappa shape index (κ3) is 4.52. The van der Waals surface area contributed by atoms with Crippen LogP contribution in [-0.2, 0) is 31.7 Å². The molecule has 1 aliphatic heterocycles. The number of sulfone groups is 1. The lowest BCUT2D eigenvalue weighted by Crippen LogP contribution is -2.50. The molecule has 0 bridgehead atoms. The second-order valence-corrected chi connectivity index (χ2v) is 9.87. The van der Waals surface area contributed by atoms with Gasteiger partial charge in [0.2, 0.25) is 11.8 Å². The molecular weight excluding hydrogens is 433 g/mol. The van der Waals surface area contributed by atoms with Gasteiger partial charge in [-0.25, -0.2) is 12.8 Å². The Hall–Kier alpha value is -3.20. The van der Waals surface area contributed by atoms with E-state index in [0.717, 1.165) is 0 Å². The van der Waals surface area contributed by atoms with Gasteiger partial charge in [0, 0.05) is 50.2 Å². The van der Waals surface area contributed by atoms with Crippen molar-refractivity contribution in [2.24, 2.45) is 0 Å². The lowest BCUT2D eigenvalue weighted by molar-refractivity contribution is -0.138. The Balaban J connectivity index is 1.59. The highest BCUT2D eigenvalue weighted by Gasteiger charge is 2.25. The predicted molar refractivity (Wildman–Crippen MR) is 118 cm³/mol. The van der Waals surface area contributed by atoms with E-state index in [4.69, 9.17) is 0 Å². The Morgan fingerprint density at radius 1 is 0.969 bits per heavy atom. The Kier molecular flexibility index (Phi) is 6.01. The van der Waals surface area contributed by atoms with Crippen molar-refractivity contribution in [2.75, 3.05) is 26.2 Å². The van der Waals surface area contributed by atoms with Crippen LogP contribution < -0.4 is 0 Å². The van der Waals surface area contributed by atoms with Crippen LogP contribution in [0.1, 0.15) is 12.5 Å². The lowest BCUT2D eigenvalue weighted by atomic mass is 10.2. The van der Waals surface area contributed by atoms with Crippen molar-refractivity contribution in [1.82, 2.24) is 14.4 Å². The molecular formula is C23H24FN3O4S. The maximum absolute atomic E-state index is 13.5. The standard InChI is InChI=1S/C23H24FN3O4S/c1-17(28)25-9-11-26(12-10-25)23(29)15-27-14-22(20-7-2-3-8-21(20)27)32(30,31)16-18-5-4-6-19(24)13-18/h2-8,13-14H,9-12,15-16H2,1H3. The van der Waals surface area contributed by atoms with Gasteiger partial charge >= 0.3 is 0 Å². The molecule has 0 spiro atoms. The van der Waals surface area contributed by atoms with Gasteiger partial charge in [-0.3, -0.25) is 9.59 Å². The molecule has 0 unspecified atom stereocenters. The van der Waals surface area contributed by atoms with Gasteiger partial charge in [-0.15, -0.1) is 0 Å². The minimum Gasteiger partial charge on any atom is -0.339 e. The van der Waals surface area contributed by atoms with Crippen molar-refractivity contribution >= 4 is 32.6 Å². The summed E-state index contributed by atoms with van der Waals surface area (Å²) in [6.45, 7) is 3.37. The monoisotopic (exact) mass is 457 g/mol. The van der Waals surface area contributed by atoms with Crippen LogP contribution in [0.4, 0.5) is 4.39 Å². The molecule has 9 heteroatoms. The van der Waals surface area contributed by atoms with Crippen LogP contribution in [0.15, 0.2) is 59.6 Å². The molecule has 1 aromatic heterocycles. The fraction of sp³-hybridized carbons (Fsp3) is 0.304.